The van der Waals surface area contributed by atoms with Crippen molar-refractivity contribution in [3.63, 3.8) is 0 Å². The van der Waals surface area contributed by atoms with Crippen molar-refractivity contribution >= 4 is 11.7 Å². The van der Waals surface area contributed by atoms with Gasteiger partial charge in [-0.05, 0) is 37.3 Å². The van der Waals surface area contributed by atoms with E-state index in [2.05, 4.69) is 39.6 Å². The molecule has 1 saturated heterocycles. The SMILES string of the molecule is COC(C)c1cnc2nc(C(=O)N3CCC4(CC3)Cc3ccccc3CN4)cn2c1. The van der Waals surface area contributed by atoms with Crippen LogP contribution in [0.2, 0.25) is 0 Å². The van der Waals surface area contributed by atoms with Crippen molar-refractivity contribution in [3.8, 4) is 0 Å². The summed E-state index contributed by atoms with van der Waals surface area (Å²) in [5, 5.41) is 3.75. The van der Waals surface area contributed by atoms with Crippen molar-refractivity contribution in [2.75, 3.05) is 20.2 Å². The number of aromatic nitrogens is 3. The highest BCUT2D eigenvalue weighted by atomic mass is 16.5. The van der Waals surface area contributed by atoms with E-state index in [0.29, 0.717) is 11.5 Å². The Labute approximate surface area is 176 Å². The summed E-state index contributed by atoms with van der Waals surface area (Å²) in [6, 6.07) is 8.65. The van der Waals surface area contributed by atoms with Crippen molar-refractivity contribution in [3.05, 3.63) is 65.2 Å². The van der Waals surface area contributed by atoms with E-state index in [-0.39, 0.29) is 17.6 Å². The molecular weight excluding hydrogens is 378 g/mol. The highest BCUT2D eigenvalue weighted by molar-refractivity contribution is 5.92. The first-order valence-electron chi connectivity index (χ1n) is 10.6. The van der Waals surface area contributed by atoms with E-state index in [4.69, 9.17) is 4.74 Å². The van der Waals surface area contributed by atoms with Crippen molar-refractivity contribution < 1.29 is 9.53 Å². The van der Waals surface area contributed by atoms with Crippen LogP contribution in [0.25, 0.3) is 5.78 Å². The van der Waals surface area contributed by atoms with E-state index >= 15 is 0 Å². The molecule has 1 unspecified atom stereocenters. The van der Waals surface area contributed by atoms with Crippen LogP contribution in [0.15, 0.2) is 42.9 Å². The number of nitrogens with zero attached hydrogens (tertiary/aromatic N) is 4. The van der Waals surface area contributed by atoms with E-state index in [0.717, 1.165) is 44.5 Å². The van der Waals surface area contributed by atoms with Gasteiger partial charge in [0.2, 0.25) is 5.78 Å². The molecule has 30 heavy (non-hydrogen) atoms. The lowest BCUT2D eigenvalue weighted by atomic mass is 9.78. The molecule has 1 amide bonds. The summed E-state index contributed by atoms with van der Waals surface area (Å²) in [5.41, 5.74) is 4.31. The van der Waals surface area contributed by atoms with E-state index < -0.39 is 0 Å². The smallest absolute Gasteiger partial charge is 0.274 e. The molecule has 2 aromatic heterocycles. The molecule has 1 atom stereocenters. The molecule has 5 rings (SSSR count). The number of fused-ring (bicyclic) bond motifs is 2. The van der Waals surface area contributed by atoms with Crippen molar-refractivity contribution in [2.24, 2.45) is 0 Å². The fraction of sp³-hybridized carbons (Fsp3) is 0.435. The van der Waals surface area contributed by atoms with Gasteiger partial charge in [0.1, 0.15) is 5.69 Å². The van der Waals surface area contributed by atoms with Crippen molar-refractivity contribution in [1.82, 2.24) is 24.6 Å². The number of amides is 1. The summed E-state index contributed by atoms with van der Waals surface area (Å²) in [6.45, 7) is 4.35. The first-order chi connectivity index (χ1) is 14.6. The van der Waals surface area contributed by atoms with Crippen LogP contribution >= 0.6 is 0 Å². The average molecular weight is 406 g/mol. The number of hydrogen-bond donors (Lipinski definition) is 1. The molecule has 1 spiro atoms. The Bertz CT molecular complexity index is 1080. The summed E-state index contributed by atoms with van der Waals surface area (Å²) in [7, 11) is 1.67. The summed E-state index contributed by atoms with van der Waals surface area (Å²) in [4.78, 5) is 23.8. The first kappa shape index (κ1) is 19.2. The van der Waals surface area contributed by atoms with Crippen LogP contribution < -0.4 is 5.32 Å². The quantitative estimate of drug-likeness (QED) is 0.726. The zero-order valence-electron chi connectivity index (χ0n) is 17.5. The maximum Gasteiger partial charge on any atom is 0.274 e. The number of piperidine rings is 1. The van der Waals surface area contributed by atoms with Gasteiger partial charge < -0.3 is 15.0 Å². The minimum atomic E-state index is -0.0603. The number of carbonyl (C=O) groups excluding carboxylic acids is 1. The monoisotopic (exact) mass is 405 g/mol. The molecule has 0 radical (unpaired) electrons. The van der Waals surface area contributed by atoms with E-state index in [1.54, 1.807) is 19.5 Å². The summed E-state index contributed by atoms with van der Waals surface area (Å²) < 4.78 is 7.17. The fourth-order valence-electron chi connectivity index (χ4n) is 4.62. The fourth-order valence-corrected chi connectivity index (χ4v) is 4.62. The van der Waals surface area contributed by atoms with Crippen molar-refractivity contribution in [2.45, 2.75) is 44.4 Å². The number of ether oxygens (including phenoxy) is 1. The molecule has 7 nitrogen and oxygen atoms in total. The largest absolute Gasteiger partial charge is 0.377 e. The zero-order chi connectivity index (χ0) is 20.7. The Hall–Kier alpha value is -2.77. The Balaban J connectivity index is 1.29. The van der Waals surface area contributed by atoms with Crippen LogP contribution in [0, 0.1) is 0 Å². The molecule has 3 aromatic rings. The number of imidazole rings is 1. The molecule has 0 bridgehead atoms. The first-order valence-corrected chi connectivity index (χ1v) is 10.6. The second-order valence-electron chi connectivity index (χ2n) is 8.47. The Morgan fingerprint density at radius 1 is 1.20 bits per heavy atom. The molecule has 2 aliphatic rings. The number of nitrogens with one attached hydrogen (secondary N) is 1. The molecule has 1 aromatic carbocycles. The third-order valence-corrected chi connectivity index (χ3v) is 6.68. The third kappa shape index (κ3) is 3.38. The van der Waals surface area contributed by atoms with Gasteiger partial charge in [0, 0.05) is 56.4 Å². The van der Waals surface area contributed by atoms with Crippen LogP contribution in [0.1, 0.15) is 53.0 Å². The molecule has 0 saturated carbocycles. The number of likely N-dealkylation sites (tertiary alicyclic amines) is 1. The number of hydrogen-bond acceptors (Lipinski definition) is 5. The second kappa shape index (κ2) is 7.49. The van der Waals surface area contributed by atoms with Crippen LogP contribution in [-0.2, 0) is 17.7 Å². The van der Waals surface area contributed by atoms with Gasteiger partial charge in [-0.1, -0.05) is 24.3 Å². The number of benzene rings is 1. The van der Waals surface area contributed by atoms with Crippen LogP contribution in [0.5, 0.6) is 0 Å². The lowest BCUT2D eigenvalue weighted by molar-refractivity contribution is 0.0626. The summed E-state index contributed by atoms with van der Waals surface area (Å²) in [5.74, 6) is 0.511. The molecule has 7 heteroatoms. The molecule has 1 N–H and O–H groups in total. The van der Waals surface area contributed by atoms with Crippen LogP contribution in [-0.4, -0.2) is 50.9 Å². The molecule has 156 valence electrons. The van der Waals surface area contributed by atoms with E-state index in [9.17, 15) is 4.79 Å². The second-order valence-corrected chi connectivity index (χ2v) is 8.47. The Kier molecular flexibility index (Phi) is 4.79. The van der Waals surface area contributed by atoms with Gasteiger partial charge in [-0.15, -0.1) is 0 Å². The average Bonchev–Trinajstić information content (AvgIpc) is 3.22. The van der Waals surface area contributed by atoms with Crippen molar-refractivity contribution in [1.29, 1.82) is 0 Å². The number of methoxy groups -OCH3 is 1. The van der Waals surface area contributed by atoms with Gasteiger partial charge in [0.05, 0.1) is 6.10 Å². The molecule has 4 heterocycles. The molecule has 0 aliphatic carbocycles. The Morgan fingerprint density at radius 2 is 1.97 bits per heavy atom. The maximum atomic E-state index is 13.1. The molecule has 1 fully saturated rings. The van der Waals surface area contributed by atoms with Gasteiger partial charge in [0.15, 0.2) is 0 Å². The topological polar surface area (TPSA) is 71.8 Å². The summed E-state index contributed by atoms with van der Waals surface area (Å²) >= 11 is 0. The lowest BCUT2D eigenvalue weighted by Crippen LogP contribution is -2.57. The molecular formula is C23H27N5O2. The predicted octanol–water partition coefficient (Wildman–Crippen LogP) is 2.76. The maximum absolute atomic E-state index is 13.1. The Morgan fingerprint density at radius 3 is 2.73 bits per heavy atom. The van der Waals surface area contributed by atoms with Crippen LogP contribution in [0.4, 0.5) is 0 Å². The highest BCUT2D eigenvalue weighted by Crippen LogP contribution is 2.32. The van der Waals surface area contributed by atoms with Crippen LogP contribution in [0.3, 0.4) is 0 Å². The predicted molar refractivity (Wildman–Crippen MR) is 113 cm³/mol. The van der Waals surface area contributed by atoms with E-state index in [1.165, 1.54) is 11.1 Å². The van der Waals surface area contributed by atoms with Gasteiger partial charge in [0.25, 0.3) is 5.91 Å². The number of rotatable bonds is 3. The van der Waals surface area contributed by atoms with Gasteiger partial charge in [-0.3, -0.25) is 9.20 Å². The third-order valence-electron chi connectivity index (χ3n) is 6.68. The van der Waals surface area contributed by atoms with Gasteiger partial charge in [-0.2, -0.15) is 0 Å². The van der Waals surface area contributed by atoms with E-state index in [1.807, 2.05) is 22.4 Å². The highest BCUT2D eigenvalue weighted by Gasteiger charge is 2.38. The minimum absolute atomic E-state index is 0.0205. The summed E-state index contributed by atoms with van der Waals surface area (Å²) in [6.07, 6.45) is 8.33. The van der Waals surface area contributed by atoms with Gasteiger partial charge in [-0.25, -0.2) is 9.97 Å². The normalized spacial score (nSPS) is 19.1. The van der Waals surface area contributed by atoms with Gasteiger partial charge >= 0.3 is 0 Å². The standard InChI is InChI=1S/C23H27N5O2/c1-16(30-2)19-12-24-22-26-20(15-28(22)14-19)21(29)27-9-7-23(8-10-27)11-17-5-3-4-6-18(17)13-25-23/h3-6,12,14-16,25H,7-11,13H2,1-2H3. The minimum Gasteiger partial charge on any atom is -0.377 e. The lowest BCUT2D eigenvalue weighted by Gasteiger charge is -2.45. The molecule has 2 aliphatic heterocycles. The zero-order valence-corrected chi connectivity index (χ0v) is 17.5. The number of carbonyl (C=O) groups is 1.